The maximum absolute atomic E-state index is 14.2. The van der Waals surface area contributed by atoms with Gasteiger partial charge in [-0.1, -0.05) is 59.3 Å². The van der Waals surface area contributed by atoms with E-state index in [0.29, 0.717) is 28.6 Å². The lowest BCUT2D eigenvalue weighted by Gasteiger charge is -2.29. The molecule has 7 rings (SSSR count). The monoisotopic (exact) mass is 553 g/mol. The topological polar surface area (TPSA) is 50.0 Å². The number of para-hydroxylation sites is 2. The summed E-state index contributed by atoms with van der Waals surface area (Å²) in [4.78, 5) is 16.3. The Kier molecular flexibility index (Phi) is 6.12. The zero-order valence-electron chi connectivity index (χ0n) is 23.6. The van der Waals surface area contributed by atoms with Crippen LogP contribution in [0.5, 0.6) is 11.6 Å². The van der Waals surface area contributed by atoms with E-state index >= 15 is 0 Å². The number of hydrazone groups is 1. The third-order valence-corrected chi connectivity index (χ3v) is 7.74. The minimum atomic E-state index is -0.163. The predicted molar refractivity (Wildman–Crippen MR) is 168 cm³/mol. The molecule has 0 N–H and O–H groups in total. The van der Waals surface area contributed by atoms with Gasteiger partial charge in [0.15, 0.2) is 12.7 Å². The van der Waals surface area contributed by atoms with Crippen LogP contribution >= 0.6 is 0 Å². The Morgan fingerprint density at radius 3 is 2.26 bits per heavy atom. The zero-order chi connectivity index (χ0) is 28.8. The number of anilines is 3. The molecule has 0 aliphatic carbocycles. The number of pyridine rings is 1. The number of aromatic nitrogens is 1. The van der Waals surface area contributed by atoms with Crippen LogP contribution in [0.15, 0.2) is 126 Å². The summed E-state index contributed by atoms with van der Waals surface area (Å²) < 4.78 is 15.8. The van der Waals surface area contributed by atoms with Gasteiger partial charge in [-0.3, -0.25) is 4.79 Å². The van der Waals surface area contributed by atoms with Gasteiger partial charge >= 0.3 is 5.90 Å². The summed E-state index contributed by atoms with van der Waals surface area (Å²) in [7, 11) is 5.64. The molecule has 0 saturated carbocycles. The lowest BCUT2D eigenvalue weighted by atomic mass is 10.00. The minimum Gasteiger partial charge on any atom is -0.497 e. The Morgan fingerprint density at radius 1 is 0.810 bits per heavy atom. The first-order chi connectivity index (χ1) is 20.5. The summed E-state index contributed by atoms with van der Waals surface area (Å²) in [6.45, 7) is 0. The van der Waals surface area contributed by atoms with Gasteiger partial charge in [0.1, 0.15) is 11.4 Å². The number of fused-ring (bicyclic) bond motifs is 4. The van der Waals surface area contributed by atoms with Crippen LogP contribution in [0.1, 0.15) is 5.56 Å². The quantitative estimate of drug-likeness (QED) is 0.237. The predicted octanol–water partition coefficient (Wildman–Crippen LogP) is 6.53. The van der Waals surface area contributed by atoms with Gasteiger partial charge in [0.25, 0.3) is 5.56 Å². The van der Waals surface area contributed by atoms with Crippen molar-refractivity contribution in [1.82, 2.24) is 4.57 Å². The van der Waals surface area contributed by atoms with Crippen molar-refractivity contribution < 1.29 is 14.2 Å². The van der Waals surface area contributed by atoms with E-state index in [1.807, 2.05) is 110 Å². The molecule has 3 heterocycles. The van der Waals surface area contributed by atoms with E-state index in [4.69, 9.17) is 9.47 Å². The molecule has 0 unspecified atom stereocenters. The summed E-state index contributed by atoms with van der Waals surface area (Å²) in [6.07, 6.45) is 6.15. The average Bonchev–Trinajstić information content (AvgIpc) is 3.04. The molecule has 0 saturated heterocycles. The molecule has 2 aliphatic rings. The lowest BCUT2D eigenvalue weighted by Crippen LogP contribution is -2.41. The molecule has 7 nitrogen and oxygen atoms in total. The van der Waals surface area contributed by atoms with Crippen LogP contribution in [0.25, 0.3) is 22.0 Å². The SMILES string of the molecule is COc1ccc(-n2c3c(c4ccccc4c2=O)N(c2ccccc2)[N+](C)=C(/C=C2\C=CN(C)c4ccccc42)O3)cc1. The van der Waals surface area contributed by atoms with Crippen molar-refractivity contribution in [3.05, 3.63) is 137 Å². The van der Waals surface area contributed by atoms with Crippen LogP contribution in [0.3, 0.4) is 0 Å². The Morgan fingerprint density at radius 2 is 1.50 bits per heavy atom. The van der Waals surface area contributed by atoms with Gasteiger partial charge in [-0.25, -0.2) is 4.57 Å². The van der Waals surface area contributed by atoms with Gasteiger partial charge in [0.05, 0.1) is 24.3 Å². The van der Waals surface area contributed by atoms with Crippen molar-refractivity contribution in [3.8, 4) is 17.3 Å². The highest BCUT2D eigenvalue weighted by atomic mass is 16.5. The van der Waals surface area contributed by atoms with Crippen molar-refractivity contribution >= 4 is 39.3 Å². The molecular formula is C35H29N4O3+. The van der Waals surface area contributed by atoms with Crippen molar-refractivity contribution in [1.29, 1.82) is 0 Å². The zero-order valence-corrected chi connectivity index (χ0v) is 23.6. The number of ether oxygens (including phenoxy) is 2. The van der Waals surface area contributed by atoms with Crippen LogP contribution in [0, 0.1) is 0 Å². The number of benzene rings is 4. The van der Waals surface area contributed by atoms with Gasteiger partial charge in [-0.2, -0.15) is 0 Å². The Bertz CT molecular complexity index is 1990. The summed E-state index contributed by atoms with van der Waals surface area (Å²) in [6, 6.07) is 33.5. The van der Waals surface area contributed by atoms with Gasteiger partial charge < -0.3 is 14.4 Å². The number of methoxy groups -OCH3 is 1. The molecule has 5 aromatic rings. The van der Waals surface area contributed by atoms with E-state index in [-0.39, 0.29) is 5.56 Å². The number of hydrogen-bond donors (Lipinski definition) is 0. The first-order valence-electron chi connectivity index (χ1n) is 13.7. The average molecular weight is 554 g/mol. The molecule has 2 aliphatic heterocycles. The number of nitrogens with zero attached hydrogens (tertiary/aromatic N) is 4. The molecule has 0 fully saturated rings. The summed E-state index contributed by atoms with van der Waals surface area (Å²) in [5, 5.41) is 3.51. The fraction of sp³-hybridized carbons (Fsp3) is 0.0857. The Hall–Kier alpha value is -5.56. The van der Waals surface area contributed by atoms with Crippen LogP contribution in [0.2, 0.25) is 0 Å². The third-order valence-electron chi connectivity index (χ3n) is 7.74. The molecule has 0 atom stereocenters. The summed E-state index contributed by atoms with van der Waals surface area (Å²) >= 11 is 0. The van der Waals surface area contributed by atoms with E-state index in [1.165, 1.54) is 0 Å². The second-order valence-corrected chi connectivity index (χ2v) is 10.2. The van der Waals surface area contributed by atoms with Gasteiger partial charge in [0, 0.05) is 29.9 Å². The summed E-state index contributed by atoms with van der Waals surface area (Å²) in [5.41, 5.74) is 5.42. The molecule has 42 heavy (non-hydrogen) atoms. The van der Waals surface area contributed by atoms with Crippen molar-refractivity contribution in [3.63, 3.8) is 0 Å². The second kappa shape index (κ2) is 10.1. The molecule has 7 heteroatoms. The first kappa shape index (κ1) is 25.4. The molecule has 0 amide bonds. The highest BCUT2D eigenvalue weighted by Crippen LogP contribution is 2.43. The number of hydrazine groups is 1. The maximum atomic E-state index is 14.2. The normalized spacial score (nSPS) is 15.1. The van der Waals surface area contributed by atoms with Crippen molar-refractivity contribution in [2.45, 2.75) is 0 Å². The Labute approximate surface area is 243 Å². The maximum Gasteiger partial charge on any atom is 0.399 e. The smallest absolute Gasteiger partial charge is 0.399 e. The molecule has 0 radical (unpaired) electrons. The highest BCUT2D eigenvalue weighted by Gasteiger charge is 2.37. The molecule has 4 aromatic carbocycles. The number of hydrogen-bond acceptors (Lipinski definition) is 5. The van der Waals surface area contributed by atoms with Gasteiger partial charge in [-0.05, 0) is 60.2 Å². The van der Waals surface area contributed by atoms with Gasteiger partial charge in [0.2, 0.25) is 5.88 Å². The fourth-order valence-corrected chi connectivity index (χ4v) is 5.63. The summed E-state index contributed by atoms with van der Waals surface area (Å²) in [5.74, 6) is 1.71. The van der Waals surface area contributed by atoms with E-state index < -0.39 is 0 Å². The van der Waals surface area contributed by atoms with Crippen LogP contribution in [-0.4, -0.2) is 36.4 Å². The fourth-order valence-electron chi connectivity index (χ4n) is 5.63. The largest absolute Gasteiger partial charge is 0.497 e. The van der Waals surface area contributed by atoms with E-state index in [0.717, 1.165) is 33.6 Å². The lowest BCUT2D eigenvalue weighted by molar-refractivity contribution is -0.509. The van der Waals surface area contributed by atoms with Crippen LogP contribution in [0.4, 0.5) is 17.1 Å². The molecule has 0 spiro atoms. The molecule has 206 valence electrons. The van der Waals surface area contributed by atoms with Crippen molar-refractivity contribution in [2.24, 2.45) is 0 Å². The van der Waals surface area contributed by atoms with Gasteiger partial charge in [-0.15, -0.1) is 5.01 Å². The molecule has 1 aromatic heterocycles. The standard InChI is InChI=1S/C35H29N4O3/c1-36-22-21-24(28-13-9-10-16-31(28)36)23-32-37(2)39(26-11-5-4-6-12-26)33-29-14-7-8-15-30(29)34(40)38(35(33)42-32)25-17-19-27(41-3)20-18-25/h4-23H,1-3H3/q+1. The van der Waals surface area contributed by atoms with E-state index in [1.54, 1.807) is 11.7 Å². The number of allylic oxidation sites excluding steroid dienone is 2. The third kappa shape index (κ3) is 4.06. The first-order valence-corrected chi connectivity index (χ1v) is 13.7. The molecular weight excluding hydrogens is 524 g/mol. The van der Waals surface area contributed by atoms with Crippen LogP contribution in [-0.2, 0) is 0 Å². The molecule has 0 bridgehead atoms. The highest BCUT2D eigenvalue weighted by molar-refractivity contribution is 6.04. The number of rotatable bonds is 4. The van der Waals surface area contributed by atoms with Crippen molar-refractivity contribution in [2.75, 3.05) is 31.1 Å². The second-order valence-electron chi connectivity index (χ2n) is 10.2. The van der Waals surface area contributed by atoms with Crippen LogP contribution < -0.4 is 24.9 Å². The van der Waals surface area contributed by atoms with E-state index in [9.17, 15) is 4.79 Å². The van der Waals surface area contributed by atoms with E-state index in [2.05, 4.69) is 40.3 Å². The minimum absolute atomic E-state index is 0.163. The Balaban J connectivity index is 1.53.